The first-order chi connectivity index (χ1) is 17.1. The van der Waals surface area contributed by atoms with Crippen LogP contribution in [0.1, 0.15) is 19.3 Å². The molecule has 2 aromatic heterocycles. The van der Waals surface area contributed by atoms with Crippen molar-refractivity contribution in [2.24, 2.45) is 0 Å². The van der Waals surface area contributed by atoms with Crippen LogP contribution in [0.3, 0.4) is 0 Å². The maximum atomic E-state index is 12.5. The van der Waals surface area contributed by atoms with Crippen LogP contribution in [0, 0.1) is 0 Å². The van der Waals surface area contributed by atoms with E-state index in [1.807, 2.05) is 0 Å². The van der Waals surface area contributed by atoms with Crippen LogP contribution in [-0.4, -0.2) is 45.3 Å². The van der Waals surface area contributed by atoms with Gasteiger partial charge in [0.15, 0.2) is 0 Å². The van der Waals surface area contributed by atoms with Crippen molar-refractivity contribution in [2.45, 2.75) is 32.4 Å². The summed E-state index contributed by atoms with van der Waals surface area (Å²) in [5, 5.41) is 7.67. The lowest BCUT2D eigenvalue weighted by molar-refractivity contribution is 0.524. The second-order valence-electron chi connectivity index (χ2n) is 8.43. The Bertz CT molecular complexity index is 1420. The van der Waals surface area contributed by atoms with Gasteiger partial charge in [-0.25, -0.2) is 9.59 Å². The number of hydrogen-bond donors (Lipinski definition) is 4. The van der Waals surface area contributed by atoms with Crippen LogP contribution in [0.5, 0.6) is 0 Å². The summed E-state index contributed by atoms with van der Waals surface area (Å²) in [6, 6.07) is 14.0. The Balaban J connectivity index is 1.11. The lowest BCUT2D eigenvalue weighted by atomic mass is 10.2. The van der Waals surface area contributed by atoms with Gasteiger partial charge in [0.25, 0.3) is 11.1 Å². The number of para-hydroxylation sites is 2. The van der Waals surface area contributed by atoms with Crippen molar-refractivity contribution in [3.05, 3.63) is 90.2 Å². The molecule has 0 amide bonds. The number of hydrogen-bond acceptors (Lipinski definition) is 6. The van der Waals surface area contributed by atoms with Crippen molar-refractivity contribution in [1.29, 1.82) is 0 Å². The summed E-state index contributed by atoms with van der Waals surface area (Å²) in [7, 11) is 0. The van der Waals surface area contributed by atoms with E-state index in [0.29, 0.717) is 60.8 Å². The third kappa shape index (κ3) is 5.84. The third-order valence-corrected chi connectivity index (χ3v) is 5.96. The molecular formula is C25H30N6O4. The molecule has 0 spiro atoms. The van der Waals surface area contributed by atoms with Gasteiger partial charge < -0.3 is 20.6 Å². The molecule has 4 N–H and O–H groups in total. The molecule has 0 bridgehead atoms. The summed E-state index contributed by atoms with van der Waals surface area (Å²) in [5.74, 6) is 0. The van der Waals surface area contributed by atoms with Crippen molar-refractivity contribution in [3.8, 4) is 0 Å². The van der Waals surface area contributed by atoms with Gasteiger partial charge in [0.2, 0.25) is 0 Å². The smallest absolute Gasteiger partial charge is 0.317 e. The first kappa shape index (κ1) is 24.4. The average Bonchev–Trinajstić information content (AvgIpc) is 2.86. The van der Waals surface area contributed by atoms with Gasteiger partial charge in [0, 0.05) is 13.1 Å². The summed E-state index contributed by atoms with van der Waals surface area (Å²) in [4.78, 5) is 54.8. The number of nitrogens with zero attached hydrogens (tertiary/aromatic N) is 2. The van der Waals surface area contributed by atoms with Gasteiger partial charge in [-0.3, -0.25) is 18.7 Å². The van der Waals surface area contributed by atoms with Gasteiger partial charge in [0.1, 0.15) is 0 Å². The van der Waals surface area contributed by atoms with Crippen LogP contribution in [0.4, 0.5) is 0 Å². The number of H-pyrrole nitrogens is 2. The highest BCUT2D eigenvalue weighted by Gasteiger charge is 2.07. The number of aromatic amines is 2. The molecule has 0 aliphatic rings. The monoisotopic (exact) mass is 478 g/mol. The van der Waals surface area contributed by atoms with Gasteiger partial charge >= 0.3 is 11.4 Å². The molecule has 0 unspecified atom stereocenters. The zero-order valence-corrected chi connectivity index (χ0v) is 19.5. The Morgan fingerprint density at radius 1 is 0.571 bits per heavy atom. The van der Waals surface area contributed by atoms with Gasteiger partial charge in [0.05, 0.1) is 21.8 Å². The molecule has 0 aliphatic carbocycles. The van der Waals surface area contributed by atoms with Gasteiger partial charge in [-0.15, -0.1) is 0 Å². The minimum Gasteiger partial charge on any atom is -0.317 e. The van der Waals surface area contributed by atoms with Crippen molar-refractivity contribution >= 4 is 21.8 Å². The second-order valence-corrected chi connectivity index (χ2v) is 8.43. The topological polar surface area (TPSA) is 134 Å². The predicted molar refractivity (Wildman–Crippen MR) is 137 cm³/mol. The first-order valence-corrected chi connectivity index (χ1v) is 11.9. The molecule has 0 aliphatic heterocycles. The van der Waals surface area contributed by atoms with Crippen molar-refractivity contribution in [1.82, 2.24) is 29.7 Å². The van der Waals surface area contributed by atoms with Crippen molar-refractivity contribution in [2.75, 3.05) is 26.2 Å². The molecule has 0 saturated carbocycles. The van der Waals surface area contributed by atoms with Crippen LogP contribution in [0.25, 0.3) is 21.8 Å². The summed E-state index contributed by atoms with van der Waals surface area (Å²) >= 11 is 0. The number of fused-ring (bicyclic) bond motifs is 2. The molecule has 4 rings (SSSR count). The molecule has 10 nitrogen and oxygen atoms in total. The number of nitrogens with one attached hydrogen (secondary N) is 4. The minimum atomic E-state index is -0.383. The van der Waals surface area contributed by atoms with Crippen molar-refractivity contribution in [3.63, 3.8) is 0 Å². The Morgan fingerprint density at radius 3 is 1.43 bits per heavy atom. The summed E-state index contributed by atoms with van der Waals surface area (Å²) < 4.78 is 2.50. The fourth-order valence-corrected chi connectivity index (χ4v) is 4.12. The lowest BCUT2D eigenvalue weighted by Crippen LogP contribution is -2.36. The Labute approximate surface area is 200 Å². The van der Waals surface area contributed by atoms with Crippen LogP contribution < -0.4 is 33.1 Å². The van der Waals surface area contributed by atoms with E-state index in [1.165, 1.54) is 9.13 Å². The molecule has 10 heteroatoms. The maximum Gasteiger partial charge on any atom is 0.328 e. The van der Waals surface area contributed by atoms with Crippen LogP contribution in [0.15, 0.2) is 67.7 Å². The quantitative estimate of drug-likeness (QED) is 0.222. The predicted octanol–water partition coefficient (Wildman–Crippen LogP) is 0.743. The molecule has 0 radical (unpaired) electrons. The summed E-state index contributed by atoms with van der Waals surface area (Å²) in [6.45, 7) is 3.73. The zero-order chi connectivity index (χ0) is 24.6. The van der Waals surface area contributed by atoms with Gasteiger partial charge in [-0.2, -0.15) is 0 Å². The number of rotatable bonds is 12. The Morgan fingerprint density at radius 2 is 0.971 bits per heavy atom. The summed E-state index contributed by atoms with van der Waals surface area (Å²) in [5.41, 5.74) is -0.180. The fourth-order valence-electron chi connectivity index (χ4n) is 4.12. The number of benzene rings is 2. The minimum absolute atomic E-state index is 0.263. The standard InChI is InChI=1S/C25H30N6O4/c32-22-18-8-1-3-10-20(18)28-24(34)30(22)16-6-14-26-12-5-13-27-15-7-17-31-23(33)19-9-2-4-11-21(19)29-25(31)35/h1-4,8-11,26-27H,5-7,12-17H2,(H,28,34)(H,29,35). The van der Waals surface area contributed by atoms with Crippen LogP contribution in [0.2, 0.25) is 0 Å². The molecule has 0 saturated heterocycles. The van der Waals surface area contributed by atoms with E-state index < -0.39 is 0 Å². The molecule has 0 fully saturated rings. The second kappa shape index (κ2) is 11.6. The molecule has 2 heterocycles. The molecule has 35 heavy (non-hydrogen) atoms. The van der Waals surface area contributed by atoms with Crippen LogP contribution >= 0.6 is 0 Å². The average molecular weight is 479 g/mol. The molecule has 0 atom stereocenters. The third-order valence-electron chi connectivity index (χ3n) is 5.96. The van der Waals surface area contributed by atoms with Crippen LogP contribution in [-0.2, 0) is 13.1 Å². The summed E-state index contributed by atoms with van der Waals surface area (Å²) in [6.07, 6.45) is 2.25. The van der Waals surface area contributed by atoms with E-state index in [-0.39, 0.29) is 22.5 Å². The highest BCUT2D eigenvalue weighted by Crippen LogP contribution is 2.04. The largest absolute Gasteiger partial charge is 0.328 e. The van der Waals surface area contributed by atoms with Gasteiger partial charge in [-0.1, -0.05) is 24.3 Å². The van der Waals surface area contributed by atoms with E-state index in [2.05, 4.69) is 20.6 Å². The molecule has 4 aromatic rings. The van der Waals surface area contributed by atoms with E-state index in [1.54, 1.807) is 48.5 Å². The lowest BCUT2D eigenvalue weighted by Gasteiger charge is -2.09. The molecule has 2 aromatic carbocycles. The van der Waals surface area contributed by atoms with E-state index in [9.17, 15) is 19.2 Å². The highest BCUT2D eigenvalue weighted by atomic mass is 16.2. The van der Waals surface area contributed by atoms with Crippen molar-refractivity contribution < 1.29 is 0 Å². The highest BCUT2D eigenvalue weighted by molar-refractivity contribution is 5.77. The van der Waals surface area contributed by atoms with E-state index in [0.717, 1.165) is 19.5 Å². The fraction of sp³-hybridized carbons (Fsp3) is 0.360. The normalized spacial score (nSPS) is 11.4. The molecule has 184 valence electrons. The first-order valence-electron chi connectivity index (χ1n) is 11.9. The van der Waals surface area contributed by atoms with E-state index in [4.69, 9.17) is 0 Å². The maximum absolute atomic E-state index is 12.5. The van der Waals surface area contributed by atoms with E-state index >= 15 is 0 Å². The Kier molecular flexibility index (Phi) is 8.07. The van der Waals surface area contributed by atoms with Gasteiger partial charge in [-0.05, 0) is 69.7 Å². The SMILES string of the molecule is O=c1[nH]c2ccccc2c(=O)n1CCCNCCCNCCCn1c(=O)[nH]c2ccccc2c1=O. The number of aromatic nitrogens is 4. The zero-order valence-electron chi connectivity index (χ0n) is 19.5. The Hall–Kier alpha value is -3.76. The molecular weight excluding hydrogens is 448 g/mol.